The highest BCUT2D eigenvalue weighted by molar-refractivity contribution is 7.99. The molecule has 2 N–H and O–H groups in total. The minimum Gasteiger partial charge on any atom is -0.324 e. The van der Waals surface area contributed by atoms with Crippen LogP contribution in [-0.4, -0.2) is 20.5 Å². The quantitative estimate of drug-likeness (QED) is 0.830. The van der Waals surface area contributed by atoms with Gasteiger partial charge in [-0.1, -0.05) is 54.2 Å². The second-order valence-electron chi connectivity index (χ2n) is 4.83. The number of aromatic nitrogens is 3. The molecule has 104 valence electrons. The van der Waals surface area contributed by atoms with Crippen molar-refractivity contribution in [2.24, 2.45) is 5.73 Å². The van der Waals surface area contributed by atoms with Crippen molar-refractivity contribution in [2.75, 3.05) is 5.75 Å². The fourth-order valence-corrected chi connectivity index (χ4v) is 2.95. The van der Waals surface area contributed by atoms with Crippen LogP contribution in [0.5, 0.6) is 0 Å². The normalized spacial score (nSPS) is 15.1. The van der Waals surface area contributed by atoms with E-state index >= 15 is 0 Å². The zero-order valence-electron chi connectivity index (χ0n) is 11.3. The van der Waals surface area contributed by atoms with Crippen LogP contribution >= 0.6 is 11.8 Å². The van der Waals surface area contributed by atoms with Crippen molar-refractivity contribution in [2.45, 2.75) is 30.6 Å². The van der Waals surface area contributed by atoms with Gasteiger partial charge in [0.25, 0.3) is 0 Å². The van der Waals surface area contributed by atoms with E-state index in [1.165, 1.54) is 18.4 Å². The van der Waals surface area contributed by atoms with Crippen molar-refractivity contribution >= 4 is 17.8 Å². The van der Waals surface area contributed by atoms with Gasteiger partial charge in [0.2, 0.25) is 0 Å². The zero-order valence-corrected chi connectivity index (χ0v) is 12.1. The highest BCUT2D eigenvalue weighted by Gasteiger charge is 2.28. The lowest BCUT2D eigenvalue weighted by Gasteiger charge is -2.06. The average Bonchev–Trinajstić information content (AvgIpc) is 3.25. The van der Waals surface area contributed by atoms with E-state index < -0.39 is 0 Å². The molecule has 0 radical (unpaired) electrons. The molecule has 0 bridgehead atoms. The number of benzene rings is 1. The van der Waals surface area contributed by atoms with Gasteiger partial charge in [-0.3, -0.25) is 0 Å². The summed E-state index contributed by atoms with van der Waals surface area (Å²) in [6, 6.07) is 10.9. The molecular weight excluding hydrogens is 268 g/mol. The van der Waals surface area contributed by atoms with E-state index in [0.717, 1.165) is 16.7 Å². The molecule has 0 amide bonds. The van der Waals surface area contributed by atoms with Crippen LogP contribution in [0.25, 0.3) is 6.08 Å². The Labute approximate surface area is 123 Å². The molecule has 4 nitrogen and oxygen atoms in total. The maximum atomic E-state index is 5.71. The largest absolute Gasteiger partial charge is 0.324 e. The van der Waals surface area contributed by atoms with Gasteiger partial charge in [-0.05, 0) is 18.4 Å². The number of hydrogen-bond donors (Lipinski definition) is 1. The first-order valence-corrected chi connectivity index (χ1v) is 7.85. The van der Waals surface area contributed by atoms with Gasteiger partial charge in [0, 0.05) is 11.8 Å². The van der Waals surface area contributed by atoms with Gasteiger partial charge in [0.05, 0.1) is 6.54 Å². The molecule has 0 unspecified atom stereocenters. The molecule has 1 heterocycles. The van der Waals surface area contributed by atoms with E-state index in [2.05, 4.69) is 39.0 Å². The molecule has 0 spiro atoms. The Morgan fingerprint density at radius 2 is 2.05 bits per heavy atom. The summed E-state index contributed by atoms with van der Waals surface area (Å²) >= 11 is 1.72. The van der Waals surface area contributed by atoms with Gasteiger partial charge in [-0.15, -0.1) is 10.2 Å². The van der Waals surface area contributed by atoms with Crippen LogP contribution in [0.1, 0.15) is 30.3 Å². The Morgan fingerprint density at radius 3 is 2.75 bits per heavy atom. The fourth-order valence-electron chi connectivity index (χ4n) is 2.12. The number of nitrogens with two attached hydrogens (primary N) is 1. The summed E-state index contributed by atoms with van der Waals surface area (Å²) in [5.41, 5.74) is 6.94. The molecule has 1 fully saturated rings. The number of hydrogen-bond acceptors (Lipinski definition) is 4. The van der Waals surface area contributed by atoms with Crippen LogP contribution in [0.4, 0.5) is 0 Å². The second-order valence-corrected chi connectivity index (χ2v) is 5.82. The minimum absolute atomic E-state index is 0.462. The van der Waals surface area contributed by atoms with E-state index in [1.807, 2.05) is 18.2 Å². The first-order chi connectivity index (χ1) is 9.88. The van der Waals surface area contributed by atoms with E-state index in [-0.39, 0.29) is 0 Å². The Hall–Kier alpha value is -1.59. The Balaban J connectivity index is 1.61. The lowest BCUT2D eigenvalue weighted by atomic mass is 10.2. The van der Waals surface area contributed by atoms with Crippen LogP contribution in [0.2, 0.25) is 0 Å². The highest BCUT2D eigenvalue weighted by Crippen LogP contribution is 2.38. The molecule has 0 atom stereocenters. The SMILES string of the molecule is NCc1nnc(SCC=Cc2ccccc2)n1C1CC1. The topological polar surface area (TPSA) is 56.7 Å². The predicted molar refractivity (Wildman–Crippen MR) is 82.4 cm³/mol. The summed E-state index contributed by atoms with van der Waals surface area (Å²) in [6.45, 7) is 0.462. The highest BCUT2D eigenvalue weighted by atomic mass is 32.2. The van der Waals surface area contributed by atoms with Gasteiger partial charge >= 0.3 is 0 Å². The summed E-state index contributed by atoms with van der Waals surface area (Å²) < 4.78 is 2.21. The summed E-state index contributed by atoms with van der Waals surface area (Å²) in [5, 5.41) is 9.42. The molecule has 0 saturated heterocycles. The van der Waals surface area contributed by atoms with Crippen molar-refractivity contribution in [3.8, 4) is 0 Å². The fraction of sp³-hybridized carbons (Fsp3) is 0.333. The van der Waals surface area contributed by atoms with Crippen LogP contribution < -0.4 is 5.73 Å². The molecule has 1 saturated carbocycles. The number of nitrogens with zero attached hydrogens (tertiary/aromatic N) is 3. The summed E-state index contributed by atoms with van der Waals surface area (Å²) in [6.07, 6.45) is 6.74. The molecule has 2 aromatic rings. The van der Waals surface area contributed by atoms with Gasteiger partial charge in [-0.2, -0.15) is 0 Å². The van der Waals surface area contributed by atoms with Gasteiger partial charge in [0.15, 0.2) is 5.16 Å². The van der Waals surface area contributed by atoms with Crippen molar-refractivity contribution < 1.29 is 0 Å². The van der Waals surface area contributed by atoms with Gasteiger partial charge in [0.1, 0.15) is 5.82 Å². The third kappa shape index (κ3) is 3.11. The van der Waals surface area contributed by atoms with E-state index in [4.69, 9.17) is 5.73 Å². The smallest absolute Gasteiger partial charge is 0.191 e. The molecule has 1 aliphatic carbocycles. The van der Waals surface area contributed by atoms with Crippen molar-refractivity contribution in [3.63, 3.8) is 0 Å². The molecule has 1 aromatic carbocycles. The number of rotatable bonds is 6. The predicted octanol–water partition coefficient (Wildman–Crippen LogP) is 2.88. The monoisotopic (exact) mass is 286 g/mol. The Kier molecular flexibility index (Phi) is 4.18. The lowest BCUT2D eigenvalue weighted by Crippen LogP contribution is -2.08. The van der Waals surface area contributed by atoms with Crippen LogP contribution in [0.3, 0.4) is 0 Å². The van der Waals surface area contributed by atoms with Gasteiger partial charge in [-0.25, -0.2) is 0 Å². The molecule has 5 heteroatoms. The minimum atomic E-state index is 0.462. The third-order valence-corrected chi connectivity index (χ3v) is 4.14. The molecule has 20 heavy (non-hydrogen) atoms. The average molecular weight is 286 g/mol. The molecular formula is C15H18N4S. The maximum absolute atomic E-state index is 5.71. The summed E-state index contributed by atoms with van der Waals surface area (Å²) in [5.74, 6) is 1.80. The number of thioether (sulfide) groups is 1. The Morgan fingerprint density at radius 1 is 1.25 bits per heavy atom. The van der Waals surface area contributed by atoms with Gasteiger partial charge < -0.3 is 10.3 Å². The first-order valence-electron chi connectivity index (χ1n) is 6.86. The van der Waals surface area contributed by atoms with Crippen molar-refractivity contribution in [1.82, 2.24) is 14.8 Å². The zero-order chi connectivity index (χ0) is 13.8. The first kappa shape index (κ1) is 13.4. The van der Waals surface area contributed by atoms with E-state index in [0.29, 0.717) is 12.6 Å². The summed E-state index contributed by atoms with van der Waals surface area (Å²) in [7, 11) is 0. The van der Waals surface area contributed by atoms with E-state index in [9.17, 15) is 0 Å². The molecule has 0 aliphatic heterocycles. The lowest BCUT2D eigenvalue weighted by molar-refractivity contribution is 0.627. The molecule has 1 aromatic heterocycles. The molecule has 3 rings (SSSR count). The Bertz CT molecular complexity index is 587. The van der Waals surface area contributed by atoms with Crippen molar-refractivity contribution in [1.29, 1.82) is 0 Å². The van der Waals surface area contributed by atoms with Crippen LogP contribution in [-0.2, 0) is 6.54 Å². The standard InChI is InChI=1S/C15H18N4S/c16-11-14-17-18-15(19(14)13-8-9-13)20-10-4-7-12-5-2-1-3-6-12/h1-7,13H,8-11,16H2. The van der Waals surface area contributed by atoms with Crippen LogP contribution in [0, 0.1) is 0 Å². The molecule has 1 aliphatic rings. The van der Waals surface area contributed by atoms with Crippen LogP contribution in [0.15, 0.2) is 41.6 Å². The third-order valence-electron chi connectivity index (χ3n) is 3.25. The summed E-state index contributed by atoms with van der Waals surface area (Å²) in [4.78, 5) is 0. The maximum Gasteiger partial charge on any atom is 0.191 e. The second kappa shape index (κ2) is 6.24. The van der Waals surface area contributed by atoms with E-state index in [1.54, 1.807) is 11.8 Å². The van der Waals surface area contributed by atoms with Crippen molar-refractivity contribution in [3.05, 3.63) is 47.8 Å².